The van der Waals surface area contributed by atoms with Crippen molar-refractivity contribution in [2.45, 2.75) is 6.92 Å². The van der Waals surface area contributed by atoms with E-state index in [4.69, 9.17) is 5.11 Å². The summed E-state index contributed by atoms with van der Waals surface area (Å²) in [5.41, 5.74) is 1.49. The van der Waals surface area contributed by atoms with E-state index in [1.165, 1.54) is 29.5 Å². The third-order valence-corrected chi connectivity index (χ3v) is 3.71. The van der Waals surface area contributed by atoms with Gasteiger partial charge >= 0.3 is 5.97 Å². The Bertz CT molecular complexity index is 614. The molecule has 1 aromatic heterocycles. The van der Waals surface area contributed by atoms with Crippen LogP contribution in [-0.4, -0.2) is 11.1 Å². The van der Waals surface area contributed by atoms with Crippen LogP contribution in [0.1, 0.15) is 11.8 Å². The lowest BCUT2D eigenvalue weighted by molar-refractivity contribution is -0.131. The highest BCUT2D eigenvalue weighted by Gasteiger charge is 2.06. The van der Waals surface area contributed by atoms with Gasteiger partial charge in [-0.1, -0.05) is 12.1 Å². The van der Waals surface area contributed by atoms with E-state index < -0.39 is 5.97 Å². The minimum absolute atomic E-state index is 0.278. The second kappa shape index (κ2) is 5.14. The molecule has 92 valence electrons. The van der Waals surface area contributed by atoms with Crippen LogP contribution in [0.2, 0.25) is 0 Å². The lowest BCUT2D eigenvalue weighted by Crippen LogP contribution is -1.88. The van der Waals surface area contributed by atoms with Gasteiger partial charge in [0.25, 0.3) is 0 Å². The summed E-state index contributed by atoms with van der Waals surface area (Å²) in [5.74, 6) is -1.24. The van der Waals surface area contributed by atoms with E-state index in [-0.39, 0.29) is 5.82 Å². The molecule has 2 nitrogen and oxygen atoms in total. The normalized spacial score (nSPS) is 11.6. The fourth-order valence-electron chi connectivity index (χ4n) is 1.60. The van der Waals surface area contributed by atoms with Crippen LogP contribution in [0.25, 0.3) is 16.0 Å². The van der Waals surface area contributed by atoms with Crippen molar-refractivity contribution in [3.05, 3.63) is 53.2 Å². The van der Waals surface area contributed by atoms with E-state index in [1.54, 1.807) is 13.0 Å². The van der Waals surface area contributed by atoms with E-state index in [0.717, 1.165) is 15.3 Å². The monoisotopic (exact) mass is 262 g/mol. The third kappa shape index (κ3) is 2.84. The molecule has 0 aliphatic rings. The number of carboxylic acids is 1. The first-order chi connectivity index (χ1) is 8.56. The van der Waals surface area contributed by atoms with E-state index in [1.807, 2.05) is 18.2 Å². The first-order valence-corrected chi connectivity index (χ1v) is 6.15. The Morgan fingerprint density at radius 2 is 2.11 bits per heavy atom. The van der Waals surface area contributed by atoms with Gasteiger partial charge in [-0.25, -0.2) is 9.18 Å². The van der Waals surface area contributed by atoms with Gasteiger partial charge in [-0.2, -0.15) is 0 Å². The molecule has 18 heavy (non-hydrogen) atoms. The van der Waals surface area contributed by atoms with Crippen molar-refractivity contribution in [3.8, 4) is 10.4 Å². The van der Waals surface area contributed by atoms with Crippen LogP contribution in [0.15, 0.2) is 42.5 Å². The Balaban J connectivity index is 2.34. The zero-order valence-corrected chi connectivity index (χ0v) is 10.5. The Hall–Kier alpha value is -1.94. The third-order valence-electron chi connectivity index (χ3n) is 2.44. The fourth-order valence-corrected chi connectivity index (χ4v) is 2.58. The average Bonchev–Trinajstić information content (AvgIpc) is 2.77. The fraction of sp³-hybridized carbons (Fsp3) is 0.0714. The van der Waals surface area contributed by atoms with Gasteiger partial charge in [0.15, 0.2) is 0 Å². The van der Waals surface area contributed by atoms with Crippen LogP contribution >= 0.6 is 11.3 Å². The highest BCUT2D eigenvalue weighted by molar-refractivity contribution is 7.16. The summed E-state index contributed by atoms with van der Waals surface area (Å²) < 4.78 is 13.1. The largest absolute Gasteiger partial charge is 0.478 e. The molecule has 0 aliphatic heterocycles. The zero-order chi connectivity index (χ0) is 13.1. The van der Waals surface area contributed by atoms with Gasteiger partial charge in [-0.05, 0) is 42.3 Å². The Morgan fingerprint density at radius 3 is 2.78 bits per heavy atom. The minimum Gasteiger partial charge on any atom is -0.478 e. The summed E-state index contributed by atoms with van der Waals surface area (Å²) in [6.07, 6.45) is 1.17. The lowest BCUT2D eigenvalue weighted by Gasteiger charge is -1.97. The maximum absolute atomic E-state index is 13.1. The van der Waals surface area contributed by atoms with Crippen molar-refractivity contribution < 1.29 is 14.3 Å². The lowest BCUT2D eigenvalue weighted by atomic mass is 10.2. The number of rotatable bonds is 3. The molecule has 0 bridgehead atoms. The van der Waals surface area contributed by atoms with Crippen molar-refractivity contribution in [2.75, 3.05) is 0 Å². The van der Waals surface area contributed by atoms with Crippen LogP contribution in [-0.2, 0) is 4.79 Å². The second-order valence-corrected chi connectivity index (χ2v) is 4.92. The predicted octanol–water partition coefficient (Wildman–Crippen LogP) is 4.04. The molecule has 0 radical (unpaired) electrons. The first kappa shape index (κ1) is 12.5. The summed E-state index contributed by atoms with van der Waals surface area (Å²) in [6.45, 7) is 1.75. The van der Waals surface area contributed by atoms with Crippen molar-refractivity contribution in [3.63, 3.8) is 0 Å². The Morgan fingerprint density at radius 1 is 1.33 bits per heavy atom. The molecule has 0 spiro atoms. The summed E-state index contributed by atoms with van der Waals surface area (Å²) >= 11 is 1.45. The summed E-state index contributed by atoms with van der Waals surface area (Å²) in [5, 5.41) is 8.68. The molecule has 0 aliphatic carbocycles. The van der Waals surface area contributed by atoms with E-state index >= 15 is 0 Å². The molecule has 1 N–H and O–H groups in total. The molecule has 2 aromatic rings. The SMILES string of the molecule is C/C(=C\C(=O)O)c1ccc(-c2cccc(F)c2)s1. The number of thiophene rings is 1. The maximum Gasteiger partial charge on any atom is 0.328 e. The predicted molar refractivity (Wildman–Crippen MR) is 71.0 cm³/mol. The molecular weight excluding hydrogens is 251 g/mol. The molecule has 0 saturated carbocycles. The van der Waals surface area contributed by atoms with Gasteiger partial charge in [0.2, 0.25) is 0 Å². The molecule has 1 heterocycles. The van der Waals surface area contributed by atoms with Crippen LogP contribution < -0.4 is 0 Å². The zero-order valence-electron chi connectivity index (χ0n) is 9.68. The molecule has 0 amide bonds. The van der Waals surface area contributed by atoms with Crippen molar-refractivity contribution in [1.82, 2.24) is 0 Å². The Labute approximate surface area is 108 Å². The quantitative estimate of drug-likeness (QED) is 0.847. The standard InChI is InChI=1S/C14H11FO2S/c1-9(7-14(16)17)12-5-6-13(18-12)10-3-2-4-11(15)8-10/h2-8H,1H3,(H,16,17)/b9-7+. The van der Waals surface area contributed by atoms with Gasteiger partial charge in [0.05, 0.1) is 0 Å². The van der Waals surface area contributed by atoms with Crippen LogP contribution in [0.3, 0.4) is 0 Å². The van der Waals surface area contributed by atoms with Crippen LogP contribution in [0.4, 0.5) is 4.39 Å². The number of carboxylic acid groups (broad SMARTS) is 1. The van der Waals surface area contributed by atoms with Crippen molar-refractivity contribution >= 4 is 22.9 Å². The van der Waals surface area contributed by atoms with Gasteiger partial charge in [-0.15, -0.1) is 11.3 Å². The van der Waals surface area contributed by atoms with E-state index in [0.29, 0.717) is 5.57 Å². The molecule has 0 fully saturated rings. The summed E-state index contributed by atoms with van der Waals surface area (Å²) in [6, 6.07) is 10.1. The topological polar surface area (TPSA) is 37.3 Å². The van der Waals surface area contributed by atoms with E-state index in [9.17, 15) is 9.18 Å². The van der Waals surface area contributed by atoms with Crippen molar-refractivity contribution in [2.24, 2.45) is 0 Å². The smallest absolute Gasteiger partial charge is 0.328 e. The molecule has 1 aromatic carbocycles. The second-order valence-electron chi connectivity index (χ2n) is 3.84. The maximum atomic E-state index is 13.1. The number of halogens is 1. The molecule has 2 rings (SSSR count). The molecular formula is C14H11FO2S. The molecule has 4 heteroatoms. The summed E-state index contributed by atoms with van der Waals surface area (Å²) in [4.78, 5) is 12.4. The summed E-state index contributed by atoms with van der Waals surface area (Å²) in [7, 11) is 0. The molecule has 0 atom stereocenters. The number of allylic oxidation sites excluding steroid dienone is 1. The highest BCUT2D eigenvalue weighted by atomic mass is 32.1. The number of carbonyl (C=O) groups is 1. The average molecular weight is 262 g/mol. The van der Waals surface area contributed by atoms with Gasteiger partial charge in [0, 0.05) is 15.8 Å². The van der Waals surface area contributed by atoms with Crippen LogP contribution in [0, 0.1) is 5.82 Å². The number of benzene rings is 1. The van der Waals surface area contributed by atoms with Crippen molar-refractivity contribution in [1.29, 1.82) is 0 Å². The number of aliphatic carboxylic acids is 1. The van der Waals surface area contributed by atoms with Gasteiger partial charge in [-0.3, -0.25) is 0 Å². The number of hydrogen-bond donors (Lipinski definition) is 1. The Kier molecular flexibility index (Phi) is 3.58. The van der Waals surface area contributed by atoms with Gasteiger partial charge in [0.1, 0.15) is 5.82 Å². The minimum atomic E-state index is -0.965. The number of hydrogen-bond acceptors (Lipinski definition) is 2. The van der Waals surface area contributed by atoms with Gasteiger partial charge < -0.3 is 5.11 Å². The van der Waals surface area contributed by atoms with Crippen LogP contribution in [0.5, 0.6) is 0 Å². The molecule has 0 unspecified atom stereocenters. The van der Waals surface area contributed by atoms with E-state index in [2.05, 4.69) is 0 Å². The highest BCUT2D eigenvalue weighted by Crippen LogP contribution is 2.31. The first-order valence-electron chi connectivity index (χ1n) is 5.33. The molecule has 0 saturated heterocycles.